The standard InChI is InChI=1S/C5H12N2O/c6-4-1-2-7-3-5(4)8/h4-5,7-8H,1-3,6H2/t4-,5-/m1/s1. The van der Waals surface area contributed by atoms with E-state index in [0.29, 0.717) is 6.54 Å². The summed E-state index contributed by atoms with van der Waals surface area (Å²) in [4.78, 5) is 0. The summed E-state index contributed by atoms with van der Waals surface area (Å²) in [6.45, 7) is 1.60. The van der Waals surface area contributed by atoms with E-state index in [0.717, 1.165) is 13.0 Å². The lowest BCUT2D eigenvalue weighted by Crippen LogP contribution is -2.48. The van der Waals surface area contributed by atoms with Gasteiger partial charge in [-0.15, -0.1) is 0 Å². The molecule has 1 saturated heterocycles. The molecule has 1 aliphatic rings. The van der Waals surface area contributed by atoms with Crippen LogP contribution in [0.4, 0.5) is 0 Å². The van der Waals surface area contributed by atoms with Crippen LogP contribution in [0.25, 0.3) is 0 Å². The molecule has 48 valence electrons. The van der Waals surface area contributed by atoms with Crippen LogP contribution in [-0.4, -0.2) is 30.3 Å². The van der Waals surface area contributed by atoms with Gasteiger partial charge in [-0.3, -0.25) is 0 Å². The van der Waals surface area contributed by atoms with Gasteiger partial charge in [0.15, 0.2) is 0 Å². The van der Waals surface area contributed by atoms with Gasteiger partial charge < -0.3 is 16.2 Å². The van der Waals surface area contributed by atoms with Gasteiger partial charge in [0.2, 0.25) is 0 Å². The van der Waals surface area contributed by atoms with E-state index in [4.69, 9.17) is 10.8 Å². The van der Waals surface area contributed by atoms with Gasteiger partial charge in [-0.25, -0.2) is 0 Å². The number of β-amino-alcohol motifs (C(OH)–C–C–N with tert-alkyl or cyclic N) is 1. The van der Waals surface area contributed by atoms with Crippen LogP contribution in [0.1, 0.15) is 6.42 Å². The van der Waals surface area contributed by atoms with Crippen LogP contribution in [0.15, 0.2) is 0 Å². The van der Waals surface area contributed by atoms with Crippen LogP contribution < -0.4 is 11.1 Å². The van der Waals surface area contributed by atoms with Crippen molar-refractivity contribution in [1.82, 2.24) is 5.32 Å². The maximum absolute atomic E-state index is 8.99. The molecule has 8 heavy (non-hydrogen) atoms. The van der Waals surface area contributed by atoms with Crippen molar-refractivity contribution in [3.8, 4) is 0 Å². The normalized spacial score (nSPS) is 39.8. The van der Waals surface area contributed by atoms with Gasteiger partial charge in [0, 0.05) is 12.6 Å². The number of aliphatic hydroxyl groups excluding tert-OH is 1. The van der Waals surface area contributed by atoms with Crippen molar-refractivity contribution in [3.63, 3.8) is 0 Å². The van der Waals surface area contributed by atoms with Crippen LogP contribution in [0, 0.1) is 0 Å². The molecule has 0 aromatic rings. The molecule has 1 heterocycles. The second kappa shape index (κ2) is 2.44. The highest BCUT2D eigenvalue weighted by molar-refractivity contribution is 4.79. The molecule has 0 bridgehead atoms. The maximum atomic E-state index is 8.99. The first-order chi connectivity index (χ1) is 3.80. The zero-order valence-electron chi connectivity index (χ0n) is 4.80. The molecular formula is C5H12N2O. The molecule has 1 rings (SSSR count). The molecule has 0 saturated carbocycles. The number of aliphatic hydroxyl groups is 1. The van der Waals surface area contributed by atoms with Crippen LogP contribution in [0.5, 0.6) is 0 Å². The van der Waals surface area contributed by atoms with Crippen molar-refractivity contribution in [3.05, 3.63) is 0 Å². The Morgan fingerprint density at radius 2 is 2.38 bits per heavy atom. The van der Waals surface area contributed by atoms with Crippen molar-refractivity contribution in [2.24, 2.45) is 5.73 Å². The Hall–Kier alpha value is -0.120. The van der Waals surface area contributed by atoms with Crippen LogP contribution in [-0.2, 0) is 0 Å². The van der Waals surface area contributed by atoms with Crippen molar-refractivity contribution in [2.75, 3.05) is 13.1 Å². The third-order valence-corrected chi connectivity index (χ3v) is 1.50. The lowest BCUT2D eigenvalue weighted by Gasteiger charge is -2.24. The molecule has 1 fully saturated rings. The highest BCUT2D eigenvalue weighted by atomic mass is 16.3. The van der Waals surface area contributed by atoms with Crippen molar-refractivity contribution in [1.29, 1.82) is 0 Å². The highest BCUT2D eigenvalue weighted by Gasteiger charge is 2.17. The van der Waals surface area contributed by atoms with Crippen molar-refractivity contribution >= 4 is 0 Å². The second-order valence-electron chi connectivity index (χ2n) is 2.22. The van der Waals surface area contributed by atoms with E-state index in [1.54, 1.807) is 0 Å². The molecule has 0 aromatic carbocycles. The Balaban J connectivity index is 2.28. The van der Waals surface area contributed by atoms with E-state index in [-0.39, 0.29) is 12.1 Å². The van der Waals surface area contributed by atoms with E-state index in [1.807, 2.05) is 0 Å². The lowest BCUT2D eigenvalue weighted by molar-refractivity contribution is 0.120. The predicted octanol–water partition coefficient (Wildman–Crippen LogP) is -1.33. The van der Waals surface area contributed by atoms with Gasteiger partial charge in [-0.05, 0) is 13.0 Å². The number of nitrogens with one attached hydrogen (secondary N) is 1. The molecule has 0 aliphatic carbocycles. The van der Waals surface area contributed by atoms with Gasteiger partial charge in [0.05, 0.1) is 6.10 Å². The summed E-state index contributed by atoms with van der Waals surface area (Å²) >= 11 is 0. The molecule has 1 aliphatic heterocycles. The van der Waals surface area contributed by atoms with Crippen LogP contribution >= 0.6 is 0 Å². The Morgan fingerprint density at radius 1 is 1.62 bits per heavy atom. The molecule has 4 N–H and O–H groups in total. The van der Waals surface area contributed by atoms with Crippen LogP contribution in [0.2, 0.25) is 0 Å². The largest absolute Gasteiger partial charge is 0.390 e. The molecule has 2 atom stereocenters. The third kappa shape index (κ3) is 1.18. The van der Waals surface area contributed by atoms with Gasteiger partial charge >= 0.3 is 0 Å². The van der Waals surface area contributed by atoms with E-state index < -0.39 is 0 Å². The van der Waals surface area contributed by atoms with Crippen molar-refractivity contribution < 1.29 is 5.11 Å². The smallest absolute Gasteiger partial charge is 0.0815 e. The first-order valence-electron chi connectivity index (χ1n) is 2.95. The average molecular weight is 116 g/mol. The van der Waals surface area contributed by atoms with E-state index >= 15 is 0 Å². The lowest BCUT2D eigenvalue weighted by atomic mass is 10.1. The fourth-order valence-electron chi connectivity index (χ4n) is 0.862. The minimum atomic E-state index is -0.330. The van der Waals surface area contributed by atoms with Crippen LogP contribution in [0.3, 0.4) is 0 Å². The van der Waals surface area contributed by atoms with E-state index in [9.17, 15) is 0 Å². The molecule has 0 aromatic heterocycles. The number of rotatable bonds is 0. The molecule has 3 nitrogen and oxygen atoms in total. The molecule has 0 spiro atoms. The Labute approximate surface area is 48.9 Å². The van der Waals surface area contributed by atoms with Gasteiger partial charge in [0.25, 0.3) is 0 Å². The summed E-state index contributed by atoms with van der Waals surface area (Å²) in [6, 6.07) is -0.00347. The SMILES string of the molecule is N[C@@H]1CCNC[C@H]1O. The monoisotopic (exact) mass is 116 g/mol. The zero-order chi connectivity index (χ0) is 5.98. The fourth-order valence-corrected chi connectivity index (χ4v) is 0.862. The molecule has 0 unspecified atom stereocenters. The highest BCUT2D eigenvalue weighted by Crippen LogP contribution is 1.98. The zero-order valence-corrected chi connectivity index (χ0v) is 4.80. The minimum Gasteiger partial charge on any atom is -0.390 e. The van der Waals surface area contributed by atoms with Crippen molar-refractivity contribution in [2.45, 2.75) is 18.6 Å². The Bertz CT molecular complexity index is 66.8. The molecule has 0 radical (unpaired) electrons. The number of nitrogens with two attached hydrogens (primary N) is 1. The number of piperidine rings is 1. The topological polar surface area (TPSA) is 58.3 Å². The number of hydrogen-bond acceptors (Lipinski definition) is 3. The average Bonchev–Trinajstić information content (AvgIpc) is 1.77. The fraction of sp³-hybridized carbons (Fsp3) is 1.00. The summed E-state index contributed by atoms with van der Waals surface area (Å²) in [5, 5.41) is 12.0. The van der Waals surface area contributed by atoms with Gasteiger partial charge in [-0.2, -0.15) is 0 Å². The summed E-state index contributed by atoms with van der Waals surface area (Å²) < 4.78 is 0. The third-order valence-electron chi connectivity index (χ3n) is 1.50. The van der Waals surface area contributed by atoms with E-state index in [2.05, 4.69) is 5.32 Å². The predicted molar refractivity (Wildman–Crippen MR) is 31.5 cm³/mol. The Kier molecular flexibility index (Phi) is 1.83. The van der Waals surface area contributed by atoms with Gasteiger partial charge in [-0.1, -0.05) is 0 Å². The first kappa shape index (κ1) is 6.01. The second-order valence-corrected chi connectivity index (χ2v) is 2.22. The summed E-state index contributed by atoms with van der Waals surface area (Å²) in [5.41, 5.74) is 5.49. The molecule has 3 heteroatoms. The summed E-state index contributed by atoms with van der Waals surface area (Å²) in [5.74, 6) is 0. The quantitative estimate of drug-likeness (QED) is 0.367. The number of hydrogen-bond donors (Lipinski definition) is 3. The summed E-state index contributed by atoms with van der Waals surface area (Å²) in [7, 11) is 0. The minimum absolute atomic E-state index is 0.00347. The first-order valence-corrected chi connectivity index (χ1v) is 2.95. The molecule has 0 amide bonds. The Morgan fingerprint density at radius 3 is 2.75 bits per heavy atom. The molecular weight excluding hydrogens is 104 g/mol. The summed E-state index contributed by atoms with van der Waals surface area (Å²) in [6.07, 6.45) is 0.560. The van der Waals surface area contributed by atoms with Gasteiger partial charge in [0.1, 0.15) is 0 Å². The van der Waals surface area contributed by atoms with E-state index in [1.165, 1.54) is 0 Å². The maximum Gasteiger partial charge on any atom is 0.0815 e.